The number of benzene rings is 2. The Kier molecular flexibility index (Phi) is 4.59. The van der Waals surface area contributed by atoms with Crippen LogP contribution in [0.15, 0.2) is 65.7 Å². The van der Waals surface area contributed by atoms with Gasteiger partial charge in [0.05, 0.1) is 0 Å². The minimum Gasteiger partial charge on any atom is -0.457 e. The van der Waals surface area contributed by atoms with Crippen LogP contribution in [0.1, 0.15) is 32.4 Å². The highest BCUT2D eigenvalue weighted by Crippen LogP contribution is 2.28. The molecule has 0 aliphatic heterocycles. The van der Waals surface area contributed by atoms with Crippen molar-refractivity contribution in [2.75, 3.05) is 0 Å². The smallest absolute Gasteiger partial charge is 0.127 e. The first-order valence-corrected chi connectivity index (χ1v) is 6.73. The van der Waals surface area contributed by atoms with E-state index < -0.39 is 6.10 Å². The van der Waals surface area contributed by atoms with Crippen molar-refractivity contribution < 1.29 is 9.84 Å². The zero-order valence-electron chi connectivity index (χ0n) is 12.1. The summed E-state index contributed by atoms with van der Waals surface area (Å²) in [5.41, 5.74) is 2.95. The highest BCUT2D eigenvalue weighted by Gasteiger charge is 2.11. The highest BCUT2D eigenvalue weighted by atomic mass is 16.5. The van der Waals surface area contributed by atoms with Gasteiger partial charge in [-0.05, 0) is 56.2 Å². The highest BCUT2D eigenvalue weighted by molar-refractivity contribution is 5.37. The fraction of sp³-hybridized carbons (Fsp3) is 0.222. The molecule has 0 fully saturated rings. The third kappa shape index (κ3) is 3.49. The molecular formula is C18H20O2. The first kappa shape index (κ1) is 14.4. The molecule has 1 unspecified atom stereocenters. The summed E-state index contributed by atoms with van der Waals surface area (Å²) in [6, 6.07) is 17.2. The molecule has 104 valence electrons. The Morgan fingerprint density at radius 2 is 1.55 bits per heavy atom. The van der Waals surface area contributed by atoms with Crippen molar-refractivity contribution in [3.63, 3.8) is 0 Å². The molecule has 20 heavy (non-hydrogen) atoms. The molecule has 2 nitrogen and oxygen atoms in total. The van der Waals surface area contributed by atoms with E-state index in [9.17, 15) is 5.11 Å². The van der Waals surface area contributed by atoms with Crippen LogP contribution in [0.2, 0.25) is 0 Å². The molecule has 0 aromatic heterocycles. The van der Waals surface area contributed by atoms with Gasteiger partial charge >= 0.3 is 0 Å². The fourth-order valence-corrected chi connectivity index (χ4v) is 1.90. The van der Waals surface area contributed by atoms with Crippen LogP contribution in [0.3, 0.4) is 0 Å². The number of para-hydroxylation sites is 1. The Balaban J connectivity index is 2.22. The number of rotatable bonds is 4. The lowest BCUT2D eigenvalue weighted by molar-refractivity contribution is 0.214. The van der Waals surface area contributed by atoms with Gasteiger partial charge in [-0.2, -0.15) is 0 Å². The second-order valence-electron chi connectivity index (χ2n) is 5.07. The van der Waals surface area contributed by atoms with Crippen LogP contribution in [0.4, 0.5) is 0 Å². The maximum atomic E-state index is 10.3. The van der Waals surface area contributed by atoms with Crippen molar-refractivity contribution in [2.45, 2.75) is 26.9 Å². The van der Waals surface area contributed by atoms with Gasteiger partial charge in [0.25, 0.3) is 0 Å². The van der Waals surface area contributed by atoms with E-state index in [1.54, 1.807) is 0 Å². The number of hydrogen-bond acceptors (Lipinski definition) is 2. The molecule has 2 heteroatoms. The molecule has 0 saturated heterocycles. The van der Waals surface area contributed by atoms with E-state index in [0.29, 0.717) is 0 Å². The molecule has 0 spiro atoms. The van der Waals surface area contributed by atoms with Gasteiger partial charge < -0.3 is 9.84 Å². The molecule has 2 aromatic rings. The maximum Gasteiger partial charge on any atom is 0.127 e. The van der Waals surface area contributed by atoms with Crippen LogP contribution in [0, 0.1) is 0 Å². The van der Waals surface area contributed by atoms with Crippen molar-refractivity contribution in [2.24, 2.45) is 0 Å². The molecule has 0 aliphatic rings. The summed E-state index contributed by atoms with van der Waals surface area (Å²) in [6.07, 6.45) is -0.584. The summed E-state index contributed by atoms with van der Waals surface area (Å²) in [7, 11) is 0. The van der Waals surface area contributed by atoms with Crippen molar-refractivity contribution in [1.29, 1.82) is 0 Å². The number of hydrogen-bond donors (Lipinski definition) is 1. The van der Waals surface area contributed by atoms with E-state index in [2.05, 4.69) is 0 Å². The predicted molar refractivity (Wildman–Crippen MR) is 82.0 cm³/mol. The standard InChI is InChI=1S/C18H20O2/c1-13(2)14(3)18(19)15-8-7-11-17(12-15)20-16-9-5-4-6-10-16/h4-12,18-19H,1-3H3. The second kappa shape index (κ2) is 6.40. The van der Waals surface area contributed by atoms with E-state index in [4.69, 9.17) is 4.74 Å². The Morgan fingerprint density at radius 3 is 2.20 bits per heavy atom. The molecule has 0 saturated carbocycles. The molecule has 0 heterocycles. The number of ether oxygens (including phenoxy) is 1. The molecule has 0 radical (unpaired) electrons. The third-order valence-corrected chi connectivity index (χ3v) is 3.35. The van der Waals surface area contributed by atoms with Gasteiger partial charge in [0.15, 0.2) is 0 Å². The zero-order valence-corrected chi connectivity index (χ0v) is 12.1. The monoisotopic (exact) mass is 268 g/mol. The largest absolute Gasteiger partial charge is 0.457 e. The topological polar surface area (TPSA) is 29.5 Å². The van der Waals surface area contributed by atoms with Crippen LogP contribution >= 0.6 is 0 Å². The molecule has 0 amide bonds. The van der Waals surface area contributed by atoms with Gasteiger partial charge in [0.1, 0.15) is 17.6 Å². The number of aliphatic hydroxyl groups is 1. The van der Waals surface area contributed by atoms with Crippen molar-refractivity contribution in [1.82, 2.24) is 0 Å². The van der Waals surface area contributed by atoms with Gasteiger partial charge in [-0.1, -0.05) is 35.9 Å². The maximum absolute atomic E-state index is 10.3. The third-order valence-electron chi connectivity index (χ3n) is 3.35. The summed E-state index contributed by atoms with van der Waals surface area (Å²) in [5, 5.41) is 10.3. The van der Waals surface area contributed by atoms with E-state index in [-0.39, 0.29) is 0 Å². The summed E-state index contributed by atoms with van der Waals surface area (Å²) in [6.45, 7) is 5.95. The molecule has 2 rings (SSSR count). The molecule has 2 aromatic carbocycles. The molecule has 1 N–H and O–H groups in total. The second-order valence-corrected chi connectivity index (χ2v) is 5.07. The Bertz CT molecular complexity index is 596. The molecule has 1 atom stereocenters. The van der Waals surface area contributed by atoms with Crippen molar-refractivity contribution in [3.8, 4) is 11.5 Å². The lowest BCUT2D eigenvalue weighted by Crippen LogP contribution is -2.00. The van der Waals surface area contributed by atoms with E-state index in [0.717, 1.165) is 28.2 Å². The first-order chi connectivity index (χ1) is 9.58. The van der Waals surface area contributed by atoms with E-state index in [1.807, 2.05) is 75.4 Å². The molecule has 0 aliphatic carbocycles. The van der Waals surface area contributed by atoms with Crippen LogP contribution < -0.4 is 4.74 Å². The summed E-state index contributed by atoms with van der Waals surface area (Å²) in [4.78, 5) is 0. The molecule has 0 bridgehead atoms. The van der Waals surface area contributed by atoms with Crippen LogP contribution in [-0.2, 0) is 0 Å². The number of aliphatic hydroxyl groups excluding tert-OH is 1. The van der Waals surface area contributed by atoms with Crippen molar-refractivity contribution in [3.05, 3.63) is 71.3 Å². The van der Waals surface area contributed by atoms with E-state index >= 15 is 0 Å². The Morgan fingerprint density at radius 1 is 0.900 bits per heavy atom. The summed E-state index contributed by atoms with van der Waals surface area (Å²) >= 11 is 0. The van der Waals surface area contributed by atoms with Crippen LogP contribution in [-0.4, -0.2) is 5.11 Å². The fourth-order valence-electron chi connectivity index (χ4n) is 1.90. The Hall–Kier alpha value is -2.06. The Labute approximate surface area is 120 Å². The number of allylic oxidation sites excluding steroid dienone is 1. The summed E-state index contributed by atoms with van der Waals surface area (Å²) < 4.78 is 5.78. The van der Waals surface area contributed by atoms with E-state index in [1.165, 1.54) is 0 Å². The SMILES string of the molecule is CC(C)=C(C)C(O)c1cccc(Oc2ccccc2)c1. The predicted octanol–water partition coefficient (Wildman–Crippen LogP) is 4.87. The van der Waals surface area contributed by atoms with Gasteiger partial charge in [-0.3, -0.25) is 0 Å². The van der Waals surface area contributed by atoms with Gasteiger partial charge in [-0.15, -0.1) is 0 Å². The van der Waals surface area contributed by atoms with Crippen LogP contribution in [0.5, 0.6) is 11.5 Å². The van der Waals surface area contributed by atoms with Gasteiger partial charge in [-0.25, -0.2) is 0 Å². The first-order valence-electron chi connectivity index (χ1n) is 6.73. The average Bonchev–Trinajstić information content (AvgIpc) is 2.47. The quantitative estimate of drug-likeness (QED) is 0.802. The molecular weight excluding hydrogens is 248 g/mol. The average molecular weight is 268 g/mol. The normalized spacial score (nSPS) is 11.8. The van der Waals surface area contributed by atoms with Crippen LogP contribution in [0.25, 0.3) is 0 Å². The van der Waals surface area contributed by atoms with Gasteiger partial charge in [0.2, 0.25) is 0 Å². The lowest BCUT2D eigenvalue weighted by Gasteiger charge is -2.15. The minimum absolute atomic E-state index is 0.584. The van der Waals surface area contributed by atoms with Crippen molar-refractivity contribution >= 4 is 0 Å². The lowest BCUT2D eigenvalue weighted by atomic mass is 9.99. The van der Waals surface area contributed by atoms with Gasteiger partial charge in [0, 0.05) is 0 Å². The zero-order chi connectivity index (χ0) is 14.5. The minimum atomic E-state index is -0.584. The summed E-state index contributed by atoms with van der Waals surface area (Å²) in [5.74, 6) is 1.52.